The van der Waals surface area contributed by atoms with Crippen LogP contribution in [-0.2, 0) is 40.1 Å². The average Bonchev–Trinajstić information content (AvgIpc) is 3.43. The maximum atomic E-state index is 14.2. The SMILES string of the molecule is CCOCCc1cccc(C2CCC3=CC(CCCCc4cccc(NC(N)=NC)c4)C(C=C3O)CC3CC(=O)CCc4ccc(OC)c(c4)OCc4c(C(O)O)cc5c(c(O)cc6c5c4C=CC6C)C2C#CO3)c1. The Balaban J connectivity index is 1.18. The van der Waals surface area contributed by atoms with E-state index in [1.165, 1.54) is 5.56 Å². The zero-order chi connectivity index (χ0) is 52.6. The standard InChI is InChI=1S/C63H71N3O9/c1-5-73-26-24-40-11-8-14-43(28-40)49-22-19-44-31-42(13-7-6-10-39-12-9-15-46(29-39)66-63(64)65-3)45(33-56(44)68)32-48-34-47(67)20-17-41-18-23-58(72-4)59(30-41)75-37-55-50-21-16-38(2)52-36-57(69)61(51(49)25-27-74-48)54(60(50)52)35-53(55)62(70)71/h8-9,11-12,14-16,18,21,23,28-31,33,35-36,38,42,45,48-49,51,62,68-71H,5-7,10,13,17,19-20,22,24,26,32,34,37H2,1-4H3,(H3,64,65,66). The molecule has 7 N–H and O–H groups in total. The Hall–Kier alpha value is -7.04. The first kappa shape index (κ1) is 52.8. The van der Waals surface area contributed by atoms with Crippen LogP contribution in [0.2, 0.25) is 0 Å². The van der Waals surface area contributed by atoms with E-state index < -0.39 is 18.3 Å². The number of phenolic OH excluding ortho intramolecular Hbond substituents is 1. The minimum atomic E-state index is -1.89. The number of aliphatic hydroxyl groups is 3. The fraction of sp³-hybridized carbons (Fsp3) is 0.397. The van der Waals surface area contributed by atoms with Crippen LogP contribution in [0.4, 0.5) is 5.69 Å². The molecule has 6 atom stereocenters. The van der Waals surface area contributed by atoms with Crippen LogP contribution >= 0.6 is 0 Å². The Kier molecular flexibility index (Phi) is 17.0. The molecule has 5 aromatic rings. The fourth-order valence-electron chi connectivity index (χ4n) is 11.7. The molecule has 12 heteroatoms. The average molecular weight is 1010 g/mol. The summed E-state index contributed by atoms with van der Waals surface area (Å²) >= 11 is 0. The van der Waals surface area contributed by atoms with E-state index in [1.54, 1.807) is 20.2 Å². The van der Waals surface area contributed by atoms with E-state index in [2.05, 4.69) is 71.7 Å². The van der Waals surface area contributed by atoms with E-state index in [9.17, 15) is 25.2 Å². The van der Waals surface area contributed by atoms with Gasteiger partial charge in [-0.1, -0.05) is 80.0 Å². The van der Waals surface area contributed by atoms with Gasteiger partial charge in [-0.05, 0) is 162 Å². The van der Waals surface area contributed by atoms with Crippen molar-refractivity contribution < 1.29 is 44.2 Å². The molecular weight excluding hydrogens is 943 g/mol. The summed E-state index contributed by atoms with van der Waals surface area (Å²) in [5, 5.41) is 51.9. The van der Waals surface area contributed by atoms with Gasteiger partial charge in [0.1, 0.15) is 36.1 Å². The normalized spacial score (nSPS) is 21.7. The van der Waals surface area contributed by atoms with E-state index in [-0.39, 0.29) is 66.0 Å². The molecule has 0 aromatic heterocycles. The Labute approximate surface area is 441 Å². The molecule has 0 amide bonds. The molecule has 5 aromatic carbocycles. The second-order valence-electron chi connectivity index (χ2n) is 20.5. The summed E-state index contributed by atoms with van der Waals surface area (Å²) in [6.45, 7) is 5.20. The van der Waals surface area contributed by atoms with Crippen molar-refractivity contribution in [3.8, 4) is 29.3 Å². The highest BCUT2D eigenvalue weighted by molar-refractivity contribution is 6.01. The number of hydrogen-bond donors (Lipinski definition) is 6. The van der Waals surface area contributed by atoms with Gasteiger partial charge in [0, 0.05) is 60.7 Å². The van der Waals surface area contributed by atoms with Crippen molar-refractivity contribution in [1.82, 2.24) is 0 Å². The number of carbonyl (C=O) groups is 1. The number of benzene rings is 5. The second kappa shape index (κ2) is 24.1. The monoisotopic (exact) mass is 1010 g/mol. The number of unbranched alkanes of at least 4 members (excludes halogenated alkanes) is 1. The van der Waals surface area contributed by atoms with Crippen LogP contribution in [0.5, 0.6) is 17.2 Å². The summed E-state index contributed by atoms with van der Waals surface area (Å²) in [6.07, 6.45) is 15.5. The first-order chi connectivity index (χ1) is 36.4. The van der Waals surface area contributed by atoms with Crippen LogP contribution in [0.1, 0.15) is 139 Å². The lowest BCUT2D eigenvalue weighted by molar-refractivity contribution is -0.121. The predicted octanol–water partition coefficient (Wildman–Crippen LogP) is 11.5. The highest BCUT2D eigenvalue weighted by Crippen LogP contribution is 2.50. The van der Waals surface area contributed by atoms with Gasteiger partial charge in [-0.25, -0.2) is 0 Å². The van der Waals surface area contributed by atoms with Gasteiger partial charge in [0.25, 0.3) is 0 Å². The van der Waals surface area contributed by atoms with Crippen molar-refractivity contribution in [3.63, 3.8) is 0 Å². The number of aryl methyl sites for hydroxylation is 2. The quantitative estimate of drug-likeness (QED) is 0.0217. The Morgan fingerprint density at radius 3 is 2.60 bits per heavy atom. The molecule has 12 nitrogen and oxygen atoms in total. The maximum absolute atomic E-state index is 14.2. The number of aliphatic imine (C=N–C) groups is 1. The minimum absolute atomic E-state index is 0.0131. The summed E-state index contributed by atoms with van der Waals surface area (Å²) < 4.78 is 24.8. The summed E-state index contributed by atoms with van der Waals surface area (Å²) in [5.41, 5.74) is 14.8. The van der Waals surface area contributed by atoms with E-state index >= 15 is 0 Å². The van der Waals surface area contributed by atoms with Crippen LogP contribution < -0.4 is 20.5 Å². The van der Waals surface area contributed by atoms with Crippen LogP contribution in [-0.4, -0.2) is 65.6 Å². The second-order valence-corrected chi connectivity index (χ2v) is 20.5. The first-order valence-electron chi connectivity index (χ1n) is 26.6. The van der Waals surface area contributed by atoms with Crippen molar-refractivity contribution in [1.29, 1.82) is 0 Å². The van der Waals surface area contributed by atoms with Crippen molar-refractivity contribution in [2.45, 2.75) is 121 Å². The number of hydrogen-bond acceptors (Lipinski definition) is 10. The summed E-state index contributed by atoms with van der Waals surface area (Å²) in [4.78, 5) is 18.3. The number of nitrogens with zero attached hydrogens (tertiary/aromatic N) is 1. The number of ketones is 1. The van der Waals surface area contributed by atoms with Crippen molar-refractivity contribution in [3.05, 3.63) is 158 Å². The Morgan fingerprint density at radius 1 is 0.973 bits per heavy atom. The molecule has 0 radical (unpaired) electrons. The molecule has 4 heterocycles. The number of methoxy groups -OCH3 is 1. The number of ether oxygens (including phenoxy) is 4. The number of nitrogens with two attached hydrogens (primary N) is 1. The van der Waals surface area contributed by atoms with Gasteiger partial charge in [-0.15, -0.1) is 0 Å². The number of anilines is 1. The number of guanidine groups is 1. The fourth-order valence-corrected chi connectivity index (χ4v) is 11.7. The van der Waals surface area contributed by atoms with Gasteiger partial charge in [-0.2, -0.15) is 0 Å². The van der Waals surface area contributed by atoms with Gasteiger partial charge < -0.3 is 50.4 Å². The number of aromatic hydroxyl groups is 1. The number of nitrogens with one attached hydrogen (secondary N) is 1. The molecule has 4 aliphatic heterocycles. The molecule has 0 saturated carbocycles. The molecule has 0 saturated heterocycles. The molecule has 10 bridgehead atoms. The zero-order valence-corrected chi connectivity index (χ0v) is 43.6. The van der Waals surface area contributed by atoms with Crippen LogP contribution in [0.3, 0.4) is 0 Å². The number of phenols is 1. The number of aliphatic hydroxyl groups excluding tert-OH is 2. The van der Waals surface area contributed by atoms with Gasteiger partial charge in [-0.3, -0.25) is 9.79 Å². The molecule has 6 aliphatic rings. The van der Waals surface area contributed by atoms with E-state index in [0.29, 0.717) is 79.3 Å². The van der Waals surface area contributed by atoms with Crippen LogP contribution in [0.25, 0.3) is 16.8 Å². The maximum Gasteiger partial charge on any atom is 0.192 e. The van der Waals surface area contributed by atoms with E-state index in [4.69, 9.17) is 24.7 Å². The summed E-state index contributed by atoms with van der Waals surface area (Å²) in [5.74, 6) is 3.89. The van der Waals surface area contributed by atoms with Gasteiger partial charge in [0.15, 0.2) is 23.7 Å². The summed E-state index contributed by atoms with van der Waals surface area (Å²) in [6, 6.07) is 25.9. The molecule has 11 rings (SSSR count). The molecule has 0 spiro atoms. The molecule has 6 unspecified atom stereocenters. The highest BCUT2D eigenvalue weighted by Gasteiger charge is 2.35. The molecule has 392 valence electrons. The van der Waals surface area contributed by atoms with Gasteiger partial charge in [0.05, 0.1) is 19.6 Å². The number of Topliss-reactive ketones (excluding diaryl/α,β-unsaturated/α-hetero) is 1. The van der Waals surface area contributed by atoms with Crippen molar-refractivity contribution in [2.24, 2.45) is 22.6 Å². The van der Waals surface area contributed by atoms with Gasteiger partial charge >= 0.3 is 0 Å². The zero-order valence-electron chi connectivity index (χ0n) is 43.6. The Morgan fingerprint density at radius 2 is 1.80 bits per heavy atom. The largest absolute Gasteiger partial charge is 0.508 e. The molecular formula is C63H71N3O9. The van der Waals surface area contributed by atoms with E-state index in [1.807, 2.05) is 61.5 Å². The van der Waals surface area contributed by atoms with Crippen molar-refractivity contribution in [2.75, 3.05) is 32.7 Å². The Bertz CT molecular complexity index is 3090. The molecule has 2 aliphatic carbocycles. The predicted molar refractivity (Wildman–Crippen MR) is 295 cm³/mol. The first-order valence-corrected chi connectivity index (χ1v) is 26.6. The van der Waals surface area contributed by atoms with Crippen LogP contribution in [0.15, 0.2) is 113 Å². The lowest BCUT2D eigenvalue weighted by atomic mass is 9.73. The smallest absolute Gasteiger partial charge is 0.192 e. The lowest BCUT2D eigenvalue weighted by Crippen LogP contribution is -2.25. The van der Waals surface area contributed by atoms with E-state index in [0.717, 1.165) is 70.1 Å². The highest BCUT2D eigenvalue weighted by atomic mass is 16.5. The number of fused-ring (bicyclic) bond motifs is 8. The van der Waals surface area contributed by atoms with Crippen molar-refractivity contribution >= 4 is 34.3 Å². The topological polar surface area (TPSA) is 185 Å². The van der Waals surface area contributed by atoms with Crippen LogP contribution in [0, 0.1) is 23.9 Å². The number of rotatable bonds is 13. The third-order valence-electron chi connectivity index (χ3n) is 15.6. The third-order valence-corrected chi connectivity index (χ3v) is 15.6. The minimum Gasteiger partial charge on any atom is -0.508 e. The molecule has 0 fully saturated rings. The number of allylic oxidation sites excluding steroid dienone is 4. The third kappa shape index (κ3) is 12.2. The summed E-state index contributed by atoms with van der Waals surface area (Å²) in [7, 11) is 3.22. The number of carbonyl (C=O) groups excluding carboxylic acids is 1. The van der Waals surface area contributed by atoms with Gasteiger partial charge in [0.2, 0.25) is 0 Å². The lowest BCUT2D eigenvalue weighted by Gasteiger charge is -2.31. The molecule has 75 heavy (non-hydrogen) atoms.